The normalized spacial score (nSPS) is 13.5. The van der Waals surface area contributed by atoms with Gasteiger partial charge in [0.2, 0.25) is 0 Å². The third-order valence-electron chi connectivity index (χ3n) is 1.89. The van der Waals surface area contributed by atoms with Gasteiger partial charge in [-0.05, 0) is 12.1 Å². The van der Waals surface area contributed by atoms with Crippen LogP contribution in [0.3, 0.4) is 0 Å². The van der Waals surface area contributed by atoms with E-state index in [0.29, 0.717) is 12.4 Å². The molecule has 0 aliphatic rings. The fourth-order valence-corrected chi connectivity index (χ4v) is 2.01. The molecule has 0 aliphatic heterocycles. The van der Waals surface area contributed by atoms with Crippen molar-refractivity contribution < 1.29 is 9.90 Å². The quantitative estimate of drug-likeness (QED) is 0.440. The van der Waals surface area contributed by atoms with E-state index in [4.69, 9.17) is 16.6 Å². The number of guanidine groups is 1. The van der Waals surface area contributed by atoms with E-state index in [0.717, 1.165) is 9.88 Å². The standard InChI is InChI=1S/C9H14N4O2S/c1-12-9(11)13-7-3-2-5(16-7)4-6(10)8(14)15/h2-3,6H,4,10H2,1H3,(H,14,15)(H3,11,12,13). The van der Waals surface area contributed by atoms with E-state index in [2.05, 4.69) is 10.3 Å². The summed E-state index contributed by atoms with van der Waals surface area (Å²) >= 11 is 1.41. The van der Waals surface area contributed by atoms with Crippen LogP contribution in [-0.2, 0) is 11.2 Å². The minimum Gasteiger partial charge on any atom is -0.480 e. The van der Waals surface area contributed by atoms with Crippen LogP contribution in [0.1, 0.15) is 4.88 Å². The lowest BCUT2D eigenvalue weighted by Gasteiger charge is -2.03. The number of hydrogen-bond acceptors (Lipinski definition) is 4. The number of nitrogens with two attached hydrogens (primary N) is 2. The van der Waals surface area contributed by atoms with Gasteiger partial charge in [0.1, 0.15) is 6.04 Å². The predicted octanol–water partition coefficient (Wildman–Crippen LogP) is 0.0589. The number of carbonyl (C=O) groups is 1. The molecule has 7 heteroatoms. The average molecular weight is 242 g/mol. The Bertz CT molecular complexity index is 402. The number of nitrogens with zero attached hydrogens (tertiary/aromatic N) is 1. The molecule has 0 fully saturated rings. The molecular formula is C9H14N4O2S. The molecule has 0 bridgehead atoms. The van der Waals surface area contributed by atoms with Gasteiger partial charge in [-0.15, -0.1) is 11.3 Å². The maximum Gasteiger partial charge on any atom is 0.320 e. The molecule has 6 N–H and O–H groups in total. The van der Waals surface area contributed by atoms with Crippen molar-refractivity contribution in [3.05, 3.63) is 17.0 Å². The molecule has 1 heterocycles. The summed E-state index contributed by atoms with van der Waals surface area (Å²) in [6.45, 7) is 0. The summed E-state index contributed by atoms with van der Waals surface area (Å²) < 4.78 is 0. The molecule has 0 saturated carbocycles. The summed E-state index contributed by atoms with van der Waals surface area (Å²) in [5.41, 5.74) is 10.9. The molecular weight excluding hydrogens is 228 g/mol. The van der Waals surface area contributed by atoms with Gasteiger partial charge in [0.05, 0.1) is 5.00 Å². The molecule has 88 valence electrons. The molecule has 0 spiro atoms. The lowest BCUT2D eigenvalue weighted by Crippen LogP contribution is -2.31. The van der Waals surface area contributed by atoms with E-state index in [-0.39, 0.29) is 0 Å². The van der Waals surface area contributed by atoms with Crippen molar-refractivity contribution >= 4 is 28.3 Å². The lowest BCUT2D eigenvalue weighted by molar-refractivity contribution is -0.138. The number of nitrogens with one attached hydrogen (secondary N) is 1. The summed E-state index contributed by atoms with van der Waals surface area (Å²) in [5.74, 6) is -0.687. The Morgan fingerprint density at radius 2 is 2.38 bits per heavy atom. The highest BCUT2D eigenvalue weighted by Crippen LogP contribution is 2.22. The zero-order valence-corrected chi connectivity index (χ0v) is 9.62. The number of aliphatic imine (C=N–C) groups is 1. The van der Waals surface area contributed by atoms with Crippen LogP contribution in [0.15, 0.2) is 17.1 Å². The van der Waals surface area contributed by atoms with Gasteiger partial charge >= 0.3 is 5.97 Å². The maximum absolute atomic E-state index is 10.6. The Hall–Kier alpha value is -1.60. The van der Waals surface area contributed by atoms with Gasteiger partial charge < -0.3 is 21.9 Å². The van der Waals surface area contributed by atoms with Crippen molar-refractivity contribution in [2.24, 2.45) is 16.5 Å². The van der Waals surface area contributed by atoms with Crippen molar-refractivity contribution in [3.63, 3.8) is 0 Å². The second-order valence-electron chi connectivity index (χ2n) is 3.15. The van der Waals surface area contributed by atoms with Crippen LogP contribution in [0, 0.1) is 0 Å². The van der Waals surface area contributed by atoms with Crippen LogP contribution in [0.5, 0.6) is 0 Å². The first-order valence-corrected chi connectivity index (χ1v) is 5.41. The molecule has 1 rings (SSSR count). The zero-order chi connectivity index (χ0) is 12.1. The Balaban J connectivity index is 2.61. The Kier molecular flexibility index (Phi) is 4.27. The van der Waals surface area contributed by atoms with E-state index >= 15 is 0 Å². The SMILES string of the molecule is CN=C(N)Nc1ccc(CC(N)C(=O)O)s1. The van der Waals surface area contributed by atoms with Crippen molar-refractivity contribution in [1.82, 2.24) is 0 Å². The van der Waals surface area contributed by atoms with E-state index in [1.807, 2.05) is 12.1 Å². The van der Waals surface area contributed by atoms with Gasteiger partial charge in [0.15, 0.2) is 5.96 Å². The number of aliphatic carboxylic acids is 1. The zero-order valence-electron chi connectivity index (χ0n) is 8.80. The molecule has 1 aromatic rings. The summed E-state index contributed by atoms with van der Waals surface area (Å²) in [6, 6.07) is 2.76. The van der Waals surface area contributed by atoms with Crippen molar-refractivity contribution in [2.75, 3.05) is 12.4 Å². The van der Waals surface area contributed by atoms with E-state index in [1.54, 1.807) is 7.05 Å². The largest absolute Gasteiger partial charge is 0.480 e. The summed E-state index contributed by atoms with van der Waals surface area (Å²) in [4.78, 5) is 15.2. The number of rotatable bonds is 4. The molecule has 16 heavy (non-hydrogen) atoms. The van der Waals surface area contributed by atoms with Gasteiger partial charge in [0, 0.05) is 18.3 Å². The maximum atomic E-state index is 10.6. The highest BCUT2D eigenvalue weighted by Gasteiger charge is 2.13. The fraction of sp³-hybridized carbons (Fsp3) is 0.333. The number of carboxylic acids is 1. The molecule has 1 unspecified atom stereocenters. The van der Waals surface area contributed by atoms with Crippen LogP contribution in [0.4, 0.5) is 5.00 Å². The Morgan fingerprint density at radius 3 is 2.94 bits per heavy atom. The average Bonchev–Trinajstić information content (AvgIpc) is 2.65. The first-order chi connectivity index (χ1) is 7.52. The number of carboxylic acid groups (broad SMARTS) is 1. The fourth-order valence-electron chi connectivity index (χ4n) is 1.04. The highest BCUT2D eigenvalue weighted by molar-refractivity contribution is 7.16. The van der Waals surface area contributed by atoms with Crippen molar-refractivity contribution in [3.8, 4) is 0 Å². The van der Waals surface area contributed by atoms with Gasteiger partial charge in [-0.3, -0.25) is 9.79 Å². The number of anilines is 1. The first-order valence-electron chi connectivity index (χ1n) is 4.59. The summed E-state index contributed by atoms with van der Waals surface area (Å²) in [6.07, 6.45) is 0.310. The number of hydrogen-bond donors (Lipinski definition) is 4. The van der Waals surface area contributed by atoms with Crippen LogP contribution in [0.2, 0.25) is 0 Å². The monoisotopic (exact) mass is 242 g/mol. The topological polar surface area (TPSA) is 114 Å². The molecule has 1 atom stereocenters. The van der Waals surface area contributed by atoms with Crippen LogP contribution >= 0.6 is 11.3 Å². The number of thiophene rings is 1. The summed E-state index contributed by atoms with van der Waals surface area (Å²) in [5, 5.41) is 12.3. The smallest absolute Gasteiger partial charge is 0.320 e. The van der Waals surface area contributed by atoms with Crippen LogP contribution in [0.25, 0.3) is 0 Å². The predicted molar refractivity (Wildman–Crippen MR) is 64.8 cm³/mol. The molecule has 1 aromatic heterocycles. The Morgan fingerprint density at radius 1 is 1.69 bits per heavy atom. The molecule has 0 aromatic carbocycles. The minimum atomic E-state index is -1.00. The van der Waals surface area contributed by atoms with Gasteiger partial charge in [0.25, 0.3) is 0 Å². The van der Waals surface area contributed by atoms with Crippen LogP contribution in [-0.4, -0.2) is 30.1 Å². The highest BCUT2D eigenvalue weighted by atomic mass is 32.1. The molecule has 0 saturated heterocycles. The van der Waals surface area contributed by atoms with Gasteiger partial charge in [-0.2, -0.15) is 0 Å². The van der Waals surface area contributed by atoms with Gasteiger partial charge in [-0.1, -0.05) is 0 Å². The lowest BCUT2D eigenvalue weighted by atomic mass is 10.2. The third-order valence-corrected chi connectivity index (χ3v) is 2.92. The van der Waals surface area contributed by atoms with Crippen LogP contribution < -0.4 is 16.8 Å². The molecule has 0 radical (unpaired) electrons. The van der Waals surface area contributed by atoms with E-state index in [9.17, 15) is 4.79 Å². The van der Waals surface area contributed by atoms with E-state index < -0.39 is 12.0 Å². The van der Waals surface area contributed by atoms with Crippen molar-refractivity contribution in [2.45, 2.75) is 12.5 Å². The van der Waals surface area contributed by atoms with Gasteiger partial charge in [-0.25, -0.2) is 0 Å². The van der Waals surface area contributed by atoms with E-state index in [1.165, 1.54) is 11.3 Å². The molecule has 0 aliphatic carbocycles. The third kappa shape index (κ3) is 3.52. The molecule has 0 amide bonds. The minimum absolute atomic E-state index is 0.310. The summed E-state index contributed by atoms with van der Waals surface area (Å²) in [7, 11) is 1.58. The Labute approximate surface area is 97.0 Å². The second kappa shape index (κ2) is 5.47. The second-order valence-corrected chi connectivity index (χ2v) is 4.32. The molecule has 6 nitrogen and oxygen atoms in total. The first kappa shape index (κ1) is 12.5. The van der Waals surface area contributed by atoms with Crippen molar-refractivity contribution in [1.29, 1.82) is 0 Å².